The van der Waals surface area contributed by atoms with E-state index in [0.29, 0.717) is 17.8 Å². The number of hydrogen-bond acceptors (Lipinski definition) is 3. The second-order valence-corrected chi connectivity index (χ2v) is 5.67. The summed E-state index contributed by atoms with van der Waals surface area (Å²) < 4.78 is 23.9. The van der Waals surface area contributed by atoms with Gasteiger partial charge in [-0.2, -0.15) is 8.42 Å². The summed E-state index contributed by atoms with van der Waals surface area (Å²) in [7, 11) is -3.80. The number of rotatable bonds is 5. The van der Waals surface area contributed by atoms with Gasteiger partial charge in [0.2, 0.25) is 5.91 Å². The number of hydrogen-bond donors (Lipinski definition) is 3. The maximum Gasteiger partial charge on any atom is 0.296 e. The molecule has 0 saturated heterocycles. The normalized spacial score (nSPS) is 11.3. The second kappa shape index (κ2) is 5.83. The Balaban J connectivity index is 2.74. The molecule has 1 aromatic carbocycles. The Hall–Kier alpha value is -1.60. The first-order valence-electron chi connectivity index (χ1n) is 5.47. The minimum atomic E-state index is -3.80. The van der Waals surface area contributed by atoms with Gasteiger partial charge < -0.3 is 5.32 Å². The number of amides is 1. The summed E-state index contributed by atoms with van der Waals surface area (Å²) in [6, 6.07) is 6.34. The minimum Gasteiger partial charge on any atom is -0.326 e. The highest BCUT2D eigenvalue weighted by atomic mass is 32.2. The molecule has 0 saturated carbocycles. The Morgan fingerprint density at radius 3 is 2.50 bits per heavy atom. The number of carbonyl (C=O) groups excluding carboxylic acids is 1. The standard InChI is InChI=1S/C11H17N3O3S/c1-8(2)6-11(15)13-9-4-3-5-10(7-9)14-18(12,16)17/h3-5,7-8,14H,6H2,1-2H3,(H,13,15)(H2,12,16,17). The number of nitrogens with one attached hydrogen (secondary N) is 2. The number of anilines is 2. The predicted molar refractivity (Wildman–Crippen MR) is 71.3 cm³/mol. The van der Waals surface area contributed by atoms with Gasteiger partial charge in [0.05, 0.1) is 5.69 Å². The monoisotopic (exact) mass is 271 g/mol. The molecule has 0 aliphatic carbocycles. The quantitative estimate of drug-likeness (QED) is 0.752. The molecule has 0 heterocycles. The summed E-state index contributed by atoms with van der Waals surface area (Å²) in [5.41, 5.74) is 0.828. The van der Waals surface area contributed by atoms with E-state index < -0.39 is 10.2 Å². The van der Waals surface area contributed by atoms with Gasteiger partial charge in [-0.05, 0) is 24.1 Å². The van der Waals surface area contributed by atoms with Gasteiger partial charge in [0.25, 0.3) is 10.2 Å². The van der Waals surface area contributed by atoms with Crippen molar-refractivity contribution in [3.63, 3.8) is 0 Å². The third kappa shape index (κ3) is 5.65. The van der Waals surface area contributed by atoms with Crippen molar-refractivity contribution >= 4 is 27.5 Å². The molecule has 6 nitrogen and oxygen atoms in total. The van der Waals surface area contributed by atoms with Crippen molar-refractivity contribution in [1.29, 1.82) is 0 Å². The lowest BCUT2D eigenvalue weighted by Gasteiger charge is -2.09. The first-order chi connectivity index (χ1) is 8.26. The summed E-state index contributed by atoms with van der Waals surface area (Å²) in [6.45, 7) is 3.89. The van der Waals surface area contributed by atoms with E-state index in [2.05, 4.69) is 10.0 Å². The van der Waals surface area contributed by atoms with Crippen molar-refractivity contribution in [2.75, 3.05) is 10.0 Å². The molecule has 0 spiro atoms. The van der Waals surface area contributed by atoms with Crippen molar-refractivity contribution in [3.8, 4) is 0 Å². The predicted octanol–water partition coefficient (Wildman–Crippen LogP) is 1.29. The zero-order valence-electron chi connectivity index (χ0n) is 10.3. The Kier molecular flexibility index (Phi) is 4.69. The summed E-state index contributed by atoms with van der Waals surface area (Å²) in [5, 5.41) is 7.54. The van der Waals surface area contributed by atoms with Crippen LogP contribution in [0.25, 0.3) is 0 Å². The molecule has 0 unspecified atom stereocenters. The zero-order valence-corrected chi connectivity index (χ0v) is 11.1. The van der Waals surface area contributed by atoms with Crippen molar-refractivity contribution in [1.82, 2.24) is 0 Å². The van der Waals surface area contributed by atoms with Crippen LogP contribution < -0.4 is 15.2 Å². The third-order valence-corrected chi connectivity index (χ3v) is 2.52. The molecule has 0 aromatic heterocycles. The largest absolute Gasteiger partial charge is 0.326 e. The summed E-state index contributed by atoms with van der Waals surface area (Å²) in [4.78, 5) is 11.5. The Labute approximate surface area is 107 Å². The molecule has 1 aromatic rings. The van der Waals surface area contributed by atoms with E-state index >= 15 is 0 Å². The van der Waals surface area contributed by atoms with Crippen LogP contribution in [0.3, 0.4) is 0 Å². The first-order valence-corrected chi connectivity index (χ1v) is 7.01. The molecule has 18 heavy (non-hydrogen) atoms. The van der Waals surface area contributed by atoms with E-state index in [9.17, 15) is 13.2 Å². The average Bonchev–Trinajstić information content (AvgIpc) is 2.13. The topological polar surface area (TPSA) is 101 Å². The van der Waals surface area contributed by atoms with Crippen molar-refractivity contribution in [2.45, 2.75) is 20.3 Å². The summed E-state index contributed by atoms with van der Waals surface area (Å²) >= 11 is 0. The fourth-order valence-electron chi connectivity index (χ4n) is 1.41. The van der Waals surface area contributed by atoms with Crippen LogP contribution in [0.15, 0.2) is 24.3 Å². The third-order valence-electron chi connectivity index (χ3n) is 2.00. The average molecular weight is 271 g/mol. The summed E-state index contributed by atoms with van der Waals surface area (Å²) in [6.07, 6.45) is 0.410. The van der Waals surface area contributed by atoms with E-state index in [1.807, 2.05) is 13.8 Å². The number of benzene rings is 1. The van der Waals surface area contributed by atoms with Gasteiger partial charge in [-0.1, -0.05) is 19.9 Å². The van der Waals surface area contributed by atoms with Gasteiger partial charge >= 0.3 is 0 Å². The maximum absolute atomic E-state index is 11.5. The van der Waals surface area contributed by atoms with Gasteiger partial charge in [0.1, 0.15) is 0 Å². The molecule has 4 N–H and O–H groups in total. The van der Waals surface area contributed by atoms with Gasteiger partial charge in [-0.15, -0.1) is 0 Å². The molecule has 0 radical (unpaired) electrons. The van der Waals surface area contributed by atoms with Gasteiger partial charge in [-0.3, -0.25) is 9.52 Å². The lowest BCUT2D eigenvalue weighted by Crippen LogP contribution is -2.21. The highest BCUT2D eigenvalue weighted by Crippen LogP contribution is 2.16. The van der Waals surface area contributed by atoms with Crippen molar-refractivity contribution in [2.24, 2.45) is 11.1 Å². The molecule has 0 aliphatic heterocycles. The van der Waals surface area contributed by atoms with E-state index in [1.54, 1.807) is 18.2 Å². The molecule has 0 atom stereocenters. The van der Waals surface area contributed by atoms with E-state index in [0.717, 1.165) is 0 Å². The van der Waals surface area contributed by atoms with E-state index in [1.165, 1.54) is 6.07 Å². The molecule has 0 aliphatic rings. The van der Waals surface area contributed by atoms with Crippen LogP contribution in [-0.4, -0.2) is 14.3 Å². The van der Waals surface area contributed by atoms with Gasteiger partial charge in [0, 0.05) is 12.1 Å². The zero-order chi connectivity index (χ0) is 13.8. The van der Waals surface area contributed by atoms with Crippen LogP contribution in [0.1, 0.15) is 20.3 Å². The van der Waals surface area contributed by atoms with Crippen LogP contribution in [0.2, 0.25) is 0 Å². The Morgan fingerprint density at radius 1 is 1.33 bits per heavy atom. The van der Waals surface area contributed by atoms with Crippen LogP contribution >= 0.6 is 0 Å². The Morgan fingerprint density at radius 2 is 1.94 bits per heavy atom. The molecule has 1 amide bonds. The van der Waals surface area contributed by atoms with Gasteiger partial charge in [-0.25, -0.2) is 5.14 Å². The van der Waals surface area contributed by atoms with Crippen LogP contribution in [0, 0.1) is 5.92 Å². The highest BCUT2D eigenvalue weighted by molar-refractivity contribution is 7.90. The number of carbonyl (C=O) groups is 1. The lowest BCUT2D eigenvalue weighted by atomic mass is 10.1. The molecule has 1 rings (SSSR count). The summed E-state index contributed by atoms with van der Waals surface area (Å²) in [5.74, 6) is 0.147. The molecule has 0 fully saturated rings. The van der Waals surface area contributed by atoms with Crippen LogP contribution in [0.5, 0.6) is 0 Å². The minimum absolute atomic E-state index is 0.113. The molecular formula is C11H17N3O3S. The van der Waals surface area contributed by atoms with Crippen LogP contribution in [0.4, 0.5) is 11.4 Å². The highest BCUT2D eigenvalue weighted by Gasteiger charge is 2.07. The van der Waals surface area contributed by atoms with E-state index in [-0.39, 0.29) is 11.8 Å². The SMILES string of the molecule is CC(C)CC(=O)Nc1cccc(NS(N)(=O)=O)c1. The molecule has 100 valence electrons. The first kappa shape index (κ1) is 14.5. The van der Waals surface area contributed by atoms with E-state index in [4.69, 9.17) is 5.14 Å². The number of nitrogens with two attached hydrogens (primary N) is 1. The van der Waals surface area contributed by atoms with Crippen molar-refractivity contribution < 1.29 is 13.2 Å². The fourth-order valence-corrected chi connectivity index (χ4v) is 1.86. The fraction of sp³-hybridized carbons (Fsp3) is 0.364. The van der Waals surface area contributed by atoms with Gasteiger partial charge in [0.15, 0.2) is 0 Å². The smallest absolute Gasteiger partial charge is 0.296 e. The molecule has 7 heteroatoms. The molecule has 0 bridgehead atoms. The van der Waals surface area contributed by atoms with Crippen LogP contribution in [-0.2, 0) is 15.0 Å². The second-order valence-electron chi connectivity index (χ2n) is 4.37. The Bertz CT molecular complexity index is 526. The molecular weight excluding hydrogens is 254 g/mol. The van der Waals surface area contributed by atoms with Crippen molar-refractivity contribution in [3.05, 3.63) is 24.3 Å². The maximum atomic E-state index is 11.5. The lowest BCUT2D eigenvalue weighted by molar-refractivity contribution is -0.116.